The maximum Gasteiger partial charge on any atom is 0.291 e. The van der Waals surface area contributed by atoms with Crippen LogP contribution in [0.15, 0.2) is 47.6 Å². The molecule has 0 radical (unpaired) electrons. The summed E-state index contributed by atoms with van der Waals surface area (Å²) in [5.74, 6) is 0.864. The van der Waals surface area contributed by atoms with E-state index in [2.05, 4.69) is 34.8 Å². The first-order valence-electron chi connectivity index (χ1n) is 11.8. The van der Waals surface area contributed by atoms with Gasteiger partial charge in [-0.3, -0.25) is 0 Å². The van der Waals surface area contributed by atoms with Crippen LogP contribution in [0, 0.1) is 11.3 Å². The molecule has 1 saturated heterocycles. The number of rotatable bonds is 7. The monoisotopic (exact) mass is 557 g/mol. The molecule has 2 aliphatic rings. The van der Waals surface area contributed by atoms with Gasteiger partial charge in [-0.25, -0.2) is 26.9 Å². The van der Waals surface area contributed by atoms with Crippen LogP contribution in [0.3, 0.4) is 0 Å². The Kier molecular flexibility index (Phi) is 5.97. The summed E-state index contributed by atoms with van der Waals surface area (Å²) >= 11 is 0.683. The Morgan fingerprint density at radius 2 is 1.87 bits per heavy atom. The van der Waals surface area contributed by atoms with Crippen molar-refractivity contribution in [1.29, 1.82) is 5.26 Å². The van der Waals surface area contributed by atoms with E-state index < -0.39 is 27.0 Å². The molecule has 0 amide bonds. The fourth-order valence-corrected chi connectivity index (χ4v) is 6.53. The van der Waals surface area contributed by atoms with Crippen molar-refractivity contribution >= 4 is 43.8 Å². The Bertz CT molecular complexity index is 1640. The van der Waals surface area contributed by atoms with Gasteiger partial charge >= 0.3 is 0 Å². The molecule has 4 aromatic rings. The van der Waals surface area contributed by atoms with E-state index in [9.17, 15) is 22.5 Å². The summed E-state index contributed by atoms with van der Waals surface area (Å²) in [6, 6.07) is 10.8. The fourth-order valence-electron chi connectivity index (χ4n) is 4.45. The molecule has 38 heavy (non-hydrogen) atoms. The number of piperazine rings is 1. The summed E-state index contributed by atoms with van der Waals surface area (Å²) in [6.07, 6.45) is 1.40. The van der Waals surface area contributed by atoms with Gasteiger partial charge in [0, 0.05) is 43.4 Å². The highest BCUT2D eigenvalue weighted by Gasteiger charge is 2.47. The number of sulfonamides is 1. The van der Waals surface area contributed by atoms with Gasteiger partial charge in [0.2, 0.25) is 15.2 Å². The van der Waals surface area contributed by atoms with E-state index in [1.165, 1.54) is 10.7 Å². The second-order valence-electron chi connectivity index (χ2n) is 9.12. The number of nitrogens with one attached hydrogen (secondary N) is 1. The van der Waals surface area contributed by atoms with Crippen LogP contribution >= 0.6 is 11.3 Å². The van der Waals surface area contributed by atoms with Gasteiger partial charge in [-0.1, -0.05) is 17.4 Å². The first-order valence-corrected chi connectivity index (χ1v) is 14.1. The molecule has 1 N–H and O–H groups in total. The zero-order valence-electron chi connectivity index (χ0n) is 19.8. The minimum atomic E-state index is -4.07. The number of pyridine rings is 1. The summed E-state index contributed by atoms with van der Waals surface area (Å²) in [5.41, 5.74) is -0.0857. The number of nitrogens with zero attached hydrogens (tertiary/aromatic N) is 8. The zero-order chi connectivity index (χ0) is 26.5. The molecule has 4 heterocycles. The molecule has 3 aromatic heterocycles. The van der Waals surface area contributed by atoms with E-state index >= 15 is 0 Å². The van der Waals surface area contributed by atoms with Gasteiger partial charge in [-0.15, -0.1) is 10.2 Å². The minimum absolute atomic E-state index is 0.0472. The lowest BCUT2D eigenvalue weighted by molar-refractivity contribution is 0.150. The number of benzene rings is 1. The maximum atomic E-state index is 13.4. The summed E-state index contributed by atoms with van der Waals surface area (Å²) < 4.78 is 56.9. The largest absolute Gasteiger partial charge is 0.367 e. The summed E-state index contributed by atoms with van der Waals surface area (Å²) in [5, 5.41) is 21.5. The van der Waals surface area contributed by atoms with Crippen LogP contribution < -0.4 is 14.5 Å². The van der Waals surface area contributed by atoms with E-state index in [1.807, 2.05) is 24.3 Å². The minimum Gasteiger partial charge on any atom is -0.367 e. The molecule has 1 saturated carbocycles. The molecule has 1 aromatic carbocycles. The summed E-state index contributed by atoms with van der Waals surface area (Å²) in [4.78, 5) is 8.58. The predicted molar refractivity (Wildman–Crippen MR) is 136 cm³/mol. The number of aromatic nitrogens is 5. The molecule has 1 aliphatic heterocycles. The average Bonchev–Trinajstić information content (AvgIpc) is 3.31. The van der Waals surface area contributed by atoms with Crippen LogP contribution in [0.25, 0.3) is 16.0 Å². The quantitative estimate of drug-likeness (QED) is 0.364. The molecule has 1 aliphatic carbocycles. The van der Waals surface area contributed by atoms with Crippen LogP contribution in [-0.2, 0) is 10.0 Å². The number of hydrogen-bond donors (Lipinski definition) is 1. The van der Waals surface area contributed by atoms with Gasteiger partial charge in [0.25, 0.3) is 6.43 Å². The van der Waals surface area contributed by atoms with Crippen LogP contribution in [0.2, 0.25) is 0 Å². The molecule has 0 unspecified atom stereocenters. The fraction of sp³-hybridized carbons (Fsp3) is 0.348. The van der Waals surface area contributed by atoms with Crippen LogP contribution in [-0.4, -0.2) is 65.1 Å². The van der Waals surface area contributed by atoms with E-state index in [0.29, 0.717) is 66.9 Å². The molecule has 196 valence electrons. The van der Waals surface area contributed by atoms with Crippen molar-refractivity contribution in [3.63, 3.8) is 0 Å². The van der Waals surface area contributed by atoms with E-state index in [0.717, 1.165) is 5.82 Å². The molecule has 11 nitrogen and oxygen atoms in total. The first-order chi connectivity index (χ1) is 18.3. The molecular formula is C23H21F2N9O2S2. The third kappa shape index (κ3) is 4.44. The van der Waals surface area contributed by atoms with Gasteiger partial charge in [0.1, 0.15) is 11.4 Å². The van der Waals surface area contributed by atoms with E-state index in [1.54, 1.807) is 18.5 Å². The predicted octanol–water partition coefficient (Wildman–Crippen LogP) is 2.87. The van der Waals surface area contributed by atoms with Crippen molar-refractivity contribution in [3.8, 4) is 11.2 Å². The van der Waals surface area contributed by atoms with Crippen LogP contribution in [0.1, 0.15) is 24.3 Å². The number of hydrogen-bond acceptors (Lipinski definition) is 10. The Morgan fingerprint density at radius 1 is 1.11 bits per heavy atom. The van der Waals surface area contributed by atoms with Crippen molar-refractivity contribution in [2.75, 3.05) is 36.0 Å². The van der Waals surface area contributed by atoms with Gasteiger partial charge < -0.3 is 9.80 Å². The Hall–Kier alpha value is -3.74. The number of fused-ring (bicyclic) bond motifs is 1. The molecule has 0 bridgehead atoms. The number of anilines is 2. The van der Waals surface area contributed by atoms with Crippen LogP contribution in [0.5, 0.6) is 0 Å². The second-order valence-corrected chi connectivity index (χ2v) is 11.8. The molecule has 6 rings (SSSR count). The molecule has 2 fully saturated rings. The van der Waals surface area contributed by atoms with Crippen molar-refractivity contribution in [2.45, 2.75) is 29.7 Å². The van der Waals surface area contributed by atoms with E-state index in [-0.39, 0.29) is 10.0 Å². The van der Waals surface area contributed by atoms with Crippen LogP contribution in [0.4, 0.5) is 20.3 Å². The molecule has 15 heteroatoms. The highest BCUT2D eigenvalue weighted by molar-refractivity contribution is 7.89. The van der Waals surface area contributed by atoms with Gasteiger partial charge in [-0.05, 0) is 37.1 Å². The Balaban J connectivity index is 1.41. The zero-order valence-corrected chi connectivity index (χ0v) is 21.5. The Labute approximate surface area is 220 Å². The van der Waals surface area contributed by atoms with Gasteiger partial charge in [0.05, 0.1) is 22.7 Å². The van der Waals surface area contributed by atoms with Crippen molar-refractivity contribution in [1.82, 2.24) is 29.7 Å². The standard InChI is InChI=1S/C23H21F2N9O2S2/c24-20(25)21-29-30-22(37-21)34-18-12-15(38(35,36)31-23(14-26)4-5-23)11-17(16(18)13-28-34)32-7-9-33(10-8-32)19-3-1-2-6-27-19/h1-3,6,11-13,20,31H,4-5,7-10H2. The smallest absolute Gasteiger partial charge is 0.291 e. The van der Waals surface area contributed by atoms with Crippen molar-refractivity contribution in [3.05, 3.63) is 47.7 Å². The summed E-state index contributed by atoms with van der Waals surface area (Å²) in [6.45, 7) is 2.50. The lowest BCUT2D eigenvalue weighted by atomic mass is 10.1. The lowest BCUT2D eigenvalue weighted by Crippen LogP contribution is -2.47. The highest BCUT2D eigenvalue weighted by atomic mass is 32.2. The maximum absolute atomic E-state index is 13.4. The average molecular weight is 558 g/mol. The SMILES string of the molecule is N#CC1(NS(=O)(=O)c2cc(N3CCN(c4ccccn4)CC3)c3cnn(-c4nnc(C(F)F)s4)c3c2)CC1. The number of halogens is 2. The van der Waals surface area contributed by atoms with Crippen molar-refractivity contribution in [2.24, 2.45) is 0 Å². The normalized spacial score (nSPS) is 17.2. The third-order valence-electron chi connectivity index (χ3n) is 6.64. The van der Waals surface area contributed by atoms with Gasteiger partial charge in [0.15, 0.2) is 5.01 Å². The number of alkyl halides is 2. The van der Waals surface area contributed by atoms with Gasteiger partial charge in [-0.2, -0.15) is 15.1 Å². The first kappa shape index (κ1) is 24.6. The van der Waals surface area contributed by atoms with Crippen molar-refractivity contribution < 1.29 is 17.2 Å². The summed E-state index contributed by atoms with van der Waals surface area (Å²) in [7, 11) is -4.07. The topological polar surface area (TPSA) is 133 Å². The molecule has 0 atom stereocenters. The highest BCUT2D eigenvalue weighted by Crippen LogP contribution is 2.38. The Morgan fingerprint density at radius 3 is 2.50 bits per heavy atom. The third-order valence-corrected chi connectivity index (χ3v) is 9.06. The number of nitriles is 1. The molecule has 0 spiro atoms. The molecular weight excluding hydrogens is 536 g/mol. The lowest BCUT2D eigenvalue weighted by Gasteiger charge is -2.37. The van der Waals surface area contributed by atoms with E-state index in [4.69, 9.17) is 0 Å². The second kappa shape index (κ2) is 9.22.